The summed E-state index contributed by atoms with van der Waals surface area (Å²) >= 11 is 7.54. The first-order valence-electron chi connectivity index (χ1n) is 8.67. The fourth-order valence-electron chi connectivity index (χ4n) is 3.67. The number of nitrogens with one attached hydrogen (secondary N) is 1. The number of ether oxygens (including phenoxy) is 1. The van der Waals surface area contributed by atoms with Crippen molar-refractivity contribution in [2.45, 2.75) is 43.6 Å². The van der Waals surface area contributed by atoms with E-state index in [9.17, 15) is 9.90 Å². The van der Waals surface area contributed by atoms with Gasteiger partial charge < -0.3 is 20.1 Å². The summed E-state index contributed by atoms with van der Waals surface area (Å²) in [7, 11) is 0. The lowest BCUT2D eigenvalue weighted by atomic mass is 9.74. The summed E-state index contributed by atoms with van der Waals surface area (Å²) in [5.74, 6) is -0.214. The molecule has 1 atom stereocenters. The Labute approximate surface area is 151 Å². The van der Waals surface area contributed by atoms with Crippen molar-refractivity contribution in [2.75, 3.05) is 32.8 Å². The predicted octanol–water partition coefficient (Wildman–Crippen LogP) is 3.22. The molecule has 2 aliphatic rings. The molecule has 134 valence electrons. The Bertz CT molecular complexity index is 554. The number of amides is 1. The zero-order valence-electron chi connectivity index (χ0n) is 13.8. The van der Waals surface area contributed by atoms with E-state index in [0.29, 0.717) is 17.4 Å². The fraction of sp³-hybridized carbons (Fsp3) is 0.706. The lowest BCUT2D eigenvalue weighted by Gasteiger charge is -2.39. The molecule has 24 heavy (non-hydrogen) atoms. The maximum absolute atomic E-state index is 12.3. The third-order valence-electron chi connectivity index (χ3n) is 5.11. The second-order valence-corrected chi connectivity index (χ2v) is 8.26. The standard InChI is InChI=1S/C17H25ClN2O3S/c18-15-10-13(12-24-15)14(17(22)4-2-1-3-5-17)11-23-16(21)20-8-6-19-7-9-20/h10,12,14,19,22H,1-9,11H2. The smallest absolute Gasteiger partial charge is 0.409 e. The van der Waals surface area contributed by atoms with Crippen molar-refractivity contribution in [3.8, 4) is 0 Å². The van der Waals surface area contributed by atoms with Crippen LogP contribution in [0.5, 0.6) is 0 Å². The molecule has 2 N–H and O–H groups in total. The first-order valence-corrected chi connectivity index (χ1v) is 9.93. The van der Waals surface area contributed by atoms with Gasteiger partial charge in [-0.2, -0.15) is 0 Å². The molecule has 1 aromatic rings. The van der Waals surface area contributed by atoms with Gasteiger partial charge in [-0.25, -0.2) is 4.79 Å². The van der Waals surface area contributed by atoms with E-state index in [1.165, 1.54) is 11.3 Å². The van der Waals surface area contributed by atoms with E-state index in [0.717, 1.165) is 50.8 Å². The monoisotopic (exact) mass is 372 g/mol. The van der Waals surface area contributed by atoms with Crippen LogP contribution in [0.3, 0.4) is 0 Å². The molecular weight excluding hydrogens is 348 g/mol. The maximum Gasteiger partial charge on any atom is 0.409 e. The molecule has 2 heterocycles. The highest BCUT2D eigenvalue weighted by molar-refractivity contribution is 7.14. The van der Waals surface area contributed by atoms with E-state index in [2.05, 4.69) is 5.32 Å². The van der Waals surface area contributed by atoms with Crippen LogP contribution in [0.25, 0.3) is 0 Å². The molecule has 3 rings (SSSR count). The van der Waals surface area contributed by atoms with Gasteiger partial charge in [-0.3, -0.25) is 0 Å². The highest BCUT2D eigenvalue weighted by Gasteiger charge is 2.40. The Balaban J connectivity index is 1.69. The summed E-state index contributed by atoms with van der Waals surface area (Å²) in [6.07, 6.45) is 4.38. The predicted molar refractivity (Wildman–Crippen MR) is 95.9 cm³/mol. The maximum atomic E-state index is 12.3. The van der Waals surface area contributed by atoms with Gasteiger partial charge in [-0.1, -0.05) is 30.9 Å². The Kier molecular flexibility index (Phi) is 6.02. The number of carbonyl (C=O) groups excluding carboxylic acids is 1. The SMILES string of the molecule is O=C(OCC(c1csc(Cl)c1)C1(O)CCCCC1)N1CCNCC1. The first-order chi connectivity index (χ1) is 11.6. The molecule has 5 nitrogen and oxygen atoms in total. The number of halogens is 1. The van der Waals surface area contributed by atoms with Crippen molar-refractivity contribution in [2.24, 2.45) is 0 Å². The third-order valence-corrected chi connectivity index (χ3v) is 6.22. The molecule has 0 radical (unpaired) electrons. The number of rotatable bonds is 4. The number of aliphatic hydroxyl groups is 1. The summed E-state index contributed by atoms with van der Waals surface area (Å²) in [5.41, 5.74) is 0.161. The minimum Gasteiger partial charge on any atom is -0.449 e. The molecule has 1 saturated carbocycles. The molecule has 1 unspecified atom stereocenters. The number of carbonyl (C=O) groups is 1. The Morgan fingerprint density at radius 3 is 2.71 bits per heavy atom. The van der Waals surface area contributed by atoms with Crippen LogP contribution in [0, 0.1) is 0 Å². The van der Waals surface area contributed by atoms with Gasteiger partial charge in [0.1, 0.15) is 6.61 Å². The van der Waals surface area contributed by atoms with Gasteiger partial charge in [-0.15, -0.1) is 11.3 Å². The topological polar surface area (TPSA) is 61.8 Å². The Morgan fingerprint density at radius 2 is 2.08 bits per heavy atom. The van der Waals surface area contributed by atoms with Crippen molar-refractivity contribution in [3.63, 3.8) is 0 Å². The third kappa shape index (κ3) is 4.23. The molecule has 1 aromatic heterocycles. The molecule has 7 heteroatoms. The van der Waals surface area contributed by atoms with Gasteiger partial charge in [0.15, 0.2) is 0 Å². The molecule has 1 amide bonds. The van der Waals surface area contributed by atoms with Crippen LogP contribution in [-0.4, -0.2) is 54.5 Å². The largest absolute Gasteiger partial charge is 0.449 e. The van der Waals surface area contributed by atoms with Gasteiger partial charge in [0.05, 0.1) is 9.94 Å². The lowest BCUT2D eigenvalue weighted by molar-refractivity contribution is -0.0408. The second kappa shape index (κ2) is 8.04. The molecule has 1 aliphatic carbocycles. The van der Waals surface area contributed by atoms with Crippen LogP contribution >= 0.6 is 22.9 Å². The van der Waals surface area contributed by atoms with E-state index >= 15 is 0 Å². The van der Waals surface area contributed by atoms with Gasteiger partial charge >= 0.3 is 6.09 Å². The fourth-order valence-corrected chi connectivity index (χ4v) is 4.62. The average molecular weight is 373 g/mol. The Hall–Kier alpha value is -0.820. The summed E-state index contributed by atoms with van der Waals surface area (Å²) in [6, 6.07) is 1.89. The molecule has 1 saturated heterocycles. The zero-order chi connectivity index (χ0) is 17.0. The average Bonchev–Trinajstić information content (AvgIpc) is 3.02. The molecule has 0 aromatic carbocycles. The normalized spacial score (nSPS) is 22.2. The molecular formula is C17H25ClN2O3S. The first kappa shape index (κ1) is 18.0. The number of piperazine rings is 1. The minimum absolute atomic E-state index is 0.201. The number of nitrogens with zero attached hydrogens (tertiary/aromatic N) is 1. The minimum atomic E-state index is -0.813. The summed E-state index contributed by atoms with van der Waals surface area (Å²) < 4.78 is 6.28. The van der Waals surface area contributed by atoms with Gasteiger partial charge in [0.2, 0.25) is 0 Å². The molecule has 2 fully saturated rings. The van der Waals surface area contributed by atoms with Crippen LogP contribution < -0.4 is 5.32 Å². The van der Waals surface area contributed by atoms with E-state index < -0.39 is 5.60 Å². The van der Waals surface area contributed by atoms with Crippen molar-refractivity contribution in [1.82, 2.24) is 10.2 Å². The second-order valence-electron chi connectivity index (χ2n) is 6.71. The Morgan fingerprint density at radius 1 is 1.38 bits per heavy atom. The summed E-state index contributed by atoms with van der Waals surface area (Å²) in [4.78, 5) is 14.0. The van der Waals surface area contributed by atoms with Crippen LogP contribution in [0.2, 0.25) is 4.34 Å². The zero-order valence-corrected chi connectivity index (χ0v) is 15.4. The molecule has 0 bridgehead atoms. The van der Waals surface area contributed by atoms with Crippen LogP contribution in [0.4, 0.5) is 4.79 Å². The van der Waals surface area contributed by atoms with E-state index in [1.54, 1.807) is 4.90 Å². The highest BCUT2D eigenvalue weighted by atomic mass is 35.5. The van der Waals surface area contributed by atoms with Gasteiger partial charge in [-0.05, 0) is 29.9 Å². The number of hydrogen-bond donors (Lipinski definition) is 2. The quantitative estimate of drug-likeness (QED) is 0.851. The van der Waals surface area contributed by atoms with Gasteiger partial charge in [0, 0.05) is 32.1 Å². The lowest BCUT2D eigenvalue weighted by Crippen LogP contribution is -2.47. The number of hydrogen-bond acceptors (Lipinski definition) is 5. The number of thiophene rings is 1. The van der Waals surface area contributed by atoms with Crippen molar-refractivity contribution in [3.05, 3.63) is 21.3 Å². The van der Waals surface area contributed by atoms with Crippen LogP contribution in [0.1, 0.15) is 43.6 Å². The van der Waals surface area contributed by atoms with Crippen molar-refractivity contribution in [1.29, 1.82) is 0 Å². The van der Waals surface area contributed by atoms with Crippen LogP contribution in [-0.2, 0) is 4.74 Å². The van der Waals surface area contributed by atoms with E-state index in [-0.39, 0.29) is 18.6 Å². The van der Waals surface area contributed by atoms with Crippen molar-refractivity contribution < 1.29 is 14.6 Å². The summed E-state index contributed by atoms with van der Waals surface area (Å²) in [5, 5.41) is 16.4. The van der Waals surface area contributed by atoms with E-state index in [4.69, 9.17) is 16.3 Å². The van der Waals surface area contributed by atoms with E-state index in [1.807, 2.05) is 11.4 Å². The van der Waals surface area contributed by atoms with Gasteiger partial charge in [0.25, 0.3) is 0 Å². The van der Waals surface area contributed by atoms with Crippen LogP contribution in [0.15, 0.2) is 11.4 Å². The summed E-state index contributed by atoms with van der Waals surface area (Å²) in [6.45, 7) is 3.12. The molecule has 1 aliphatic heterocycles. The highest BCUT2D eigenvalue weighted by Crippen LogP contribution is 2.42. The molecule has 0 spiro atoms. The van der Waals surface area contributed by atoms with Crippen molar-refractivity contribution >= 4 is 29.0 Å².